The molecule has 1 unspecified atom stereocenters. The van der Waals surface area contributed by atoms with Crippen molar-refractivity contribution in [2.45, 2.75) is 94.4 Å². The van der Waals surface area contributed by atoms with Crippen molar-refractivity contribution in [1.29, 1.82) is 0 Å². The molecule has 2 aromatic carbocycles. The van der Waals surface area contributed by atoms with Crippen molar-refractivity contribution in [3.05, 3.63) is 59.2 Å². The van der Waals surface area contributed by atoms with E-state index in [9.17, 15) is 13.5 Å². The highest BCUT2D eigenvalue weighted by Crippen LogP contribution is 2.31. The number of nitrogens with zero attached hydrogens (tertiary/aromatic N) is 1. The largest absolute Gasteiger partial charge is 0.394 e. The molecule has 1 saturated heterocycles. The predicted molar refractivity (Wildman–Crippen MR) is 165 cm³/mol. The van der Waals surface area contributed by atoms with Gasteiger partial charge in [-0.15, -0.1) is 0 Å². The van der Waals surface area contributed by atoms with E-state index in [1.807, 2.05) is 38.1 Å². The summed E-state index contributed by atoms with van der Waals surface area (Å²) in [6.07, 6.45) is 9.58. The molecule has 1 fully saturated rings. The summed E-state index contributed by atoms with van der Waals surface area (Å²) in [6, 6.07) is 13.9. The summed E-state index contributed by atoms with van der Waals surface area (Å²) in [4.78, 5) is 10.9. The smallest absolute Gasteiger partial charge is 0.243 e. The fraction of sp³-hybridized carbons (Fsp3) is 0.636. The summed E-state index contributed by atoms with van der Waals surface area (Å²) in [5.74, 6) is 1.19. The number of aryl methyl sites for hydroxylation is 1. The van der Waals surface area contributed by atoms with Crippen LogP contribution in [0.15, 0.2) is 47.4 Å². The average molecular weight is 603 g/mol. The summed E-state index contributed by atoms with van der Waals surface area (Å²) in [5, 5.41) is 13.1. The third-order valence-corrected chi connectivity index (χ3v) is 10.2. The molecule has 234 valence electrons. The number of fused-ring (bicyclic) bond motifs is 1. The second kappa shape index (κ2) is 16.2. The van der Waals surface area contributed by atoms with Crippen molar-refractivity contribution >= 4 is 10.0 Å². The zero-order chi connectivity index (χ0) is 29.8. The number of benzene rings is 2. The van der Waals surface area contributed by atoms with Gasteiger partial charge in [-0.2, -0.15) is 9.19 Å². The Morgan fingerprint density at radius 3 is 2.64 bits per heavy atom. The van der Waals surface area contributed by atoms with E-state index in [1.54, 1.807) is 10.4 Å². The second-order valence-electron chi connectivity index (χ2n) is 12.3. The van der Waals surface area contributed by atoms with Gasteiger partial charge in [-0.25, -0.2) is 8.42 Å². The first-order valence-electron chi connectivity index (χ1n) is 15.7. The molecule has 2 heterocycles. The lowest BCUT2D eigenvalue weighted by Crippen LogP contribution is -2.43. The third-order valence-electron chi connectivity index (χ3n) is 8.35. The molecule has 2 aliphatic rings. The van der Waals surface area contributed by atoms with Gasteiger partial charge >= 0.3 is 0 Å². The monoisotopic (exact) mass is 602 g/mol. The van der Waals surface area contributed by atoms with E-state index in [0.29, 0.717) is 37.1 Å². The van der Waals surface area contributed by atoms with Crippen molar-refractivity contribution in [2.75, 3.05) is 46.1 Å². The number of aliphatic hydroxyl groups excluding tert-OH is 1. The van der Waals surface area contributed by atoms with Crippen LogP contribution < -0.4 is 10.2 Å². The number of aliphatic hydroxyl groups is 1. The van der Waals surface area contributed by atoms with E-state index >= 15 is 0 Å². The van der Waals surface area contributed by atoms with Gasteiger partial charge in [0.05, 0.1) is 18.1 Å². The maximum Gasteiger partial charge on any atom is 0.243 e. The second-order valence-corrected chi connectivity index (χ2v) is 14.2. The predicted octanol–water partition coefficient (Wildman–Crippen LogP) is 5.38. The van der Waals surface area contributed by atoms with E-state index in [-0.39, 0.29) is 12.1 Å². The number of piperidine rings is 1. The summed E-state index contributed by atoms with van der Waals surface area (Å²) in [7, 11) is -3.40. The highest BCUT2D eigenvalue weighted by Gasteiger charge is 2.26. The molecule has 2 aliphatic heterocycles. The molecular formula is C33H50N2O6S. The van der Waals surface area contributed by atoms with Gasteiger partial charge in [0.1, 0.15) is 0 Å². The fourth-order valence-corrected chi connectivity index (χ4v) is 7.28. The molecule has 8 nitrogen and oxygen atoms in total. The molecule has 0 bridgehead atoms. The van der Waals surface area contributed by atoms with Crippen LogP contribution in [0.2, 0.25) is 0 Å². The number of hydrogen-bond donors (Lipinski definition) is 2. The first kappa shape index (κ1) is 32.9. The topological polar surface area (TPSA) is 97.3 Å². The normalized spacial score (nSPS) is 17.0. The number of ether oxygens (including phenoxy) is 1. The van der Waals surface area contributed by atoms with Gasteiger partial charge in [0, 0.05) is 43.8 Å². The van der Waals surface area contributed by atoms with Crippen LogP contribution in [-0.2, 0) is 32.5 Å². The minimum atomic E-state index is -3.40. The highest BCUT2D eigenvalue weighted by molar-refractivity contribution is 7.89. The quantitative estimate of drug-likeness (QED) is 0.185. The fourth-order valence-electron chi connectivity index (χ4n) is 5.69. The van der Waals surface area contributed by atoms with E-state index in [1.165, 1.54) is 11.1 Å². The van der Waals surface area contributed by atoms with Crippen LogP contribution in [0, 0.1) is 0 Å². The van der Waals surface area contributed by atoms with Crippen LogP contribution in [0.25, 0.3) is 0 Å². The first-order valence-corrected chi connectivity index (χ1v) is 17.2. The van der Waals surface area contributed by atoms with E-state index in [2.05, 4.69) is 17.4 Å². The lowest BCUT2D eigenvalue weighted by molar-refractivity contribution is -0.215. The summed E-state index contributed by atoms with van der Waals surface area (Å²) in [5.41, 5.74) is 3.28. The van der Waals surface area contributed by atoms with Crippen molar-refractivity contribution in [3.63, 3.8) is 0 Å². The van der Waals surface area contributed by atoms with E-state index < -0.39 is 10.0 Å². The van der Waals surface area contributed by atoms with Crippen LogP contribution in [-0.4, -0.2) is 69.4 Å². The maximum atomic E-state index is 13.0. The Kier molecular flexibility index (Phi) is 12.7. The van der Waals surface area contributed by atoms with E-state index in [0.717, 1.165) is 88.7 Å². The third kappa shape index (κ3) is 9.76. The van der Waals surface area contributed by atoms with Gasteiger partial charge in [-0.3, -0.25) is 0 Å². The Labute approximate surface area is 252 Å². The maximum absolute atomic E-state index is 13.0. The van der Waals surface area contributed by atoms with Gasteiger partial charge < -0.3 is 20.0 Å². The van der Waals surface area contributed by atoms with Crippen molar-refractivity contribution in [3.8, 4) is 5.75 Å². The molecule has 9 heteroatoms. The van der Waals surface area contributed by atoms with Crippen LogP contribution in [0.5, 0.6) is 5.75 Å². The Hall–Kier alpha value is -2.01. The molecule has 0 radical (unpaired) electrons. The van der Waals surface area contributed by atoms with Crippen LogP contribution in [0.4, 0.5) is 0 Å². The van der Waals surface area contributed by atoms with Gasteiger partial charge in [0.25, 0.3) is 0 Å². The molecular weight excluding hydrogens is 552 g/mol. The number of rotatable bonds is 17. The lowest BCUT2D eigenvalue weighted by Gasteiger charge is -2.26. The zero-order valence-electron chi connectivity index (χ0n) is 25.5. The Morgan fingerprint density at radius 1 is 1.02 bits per heavy atom. The van der Waals surface area contributed by atoms with Crippen LogP contribution >= 0.6 is 0 Å². The Balaban J connectivity index is 1.19. The van der Waals surface area contributed by atoms with Crippen molar-refractivity contribution < 1.29 is 28.0 Å². The molecule has 0 spiro atoms. The molecule has 2 aromatic rings. The van der Waals surface area contributed by atoms with Gasteiger partial charge in [-0.1, -0.05) is 30.7 Å². The van der Waals surface area contributed by atoms with Crippen molar-refractivity contribution in [1.82, 2.24) is 9.62 Å². The highest BCUT2D eigenvalue weighted by atomic mass is 32.2. The standard InChI is InChI=1S/C33H50N2O6S/c1-33(2,26-36)34-18-16-28(29-14-15-32-30(25-29)17-23-40-41-32)12-9-22-39-21-7-4-10-27-11-8-13-31(24-27)42(37,38)35-19-5-3-6-20-35/h8,11,13-15,24-25,28,34,36H,3-7,9-10,12,16-23,26H2,1-2H3. The average Bonchev–Trinajstić information content (AvgIpc) is 3.01. The molecule has 42 heavy (non-hydrogen) atoms. The number of hydrogen-bond acceptors (Lipinski definition) is 7. The van der Waals surface area contributed by atoms with Gasteiger partial charge in [0.15, 0.2) is 5.75 Å². The number of unbranched alkanes of at least 4 members (excludes halogenated alkanes) is 1. The van der Waals surface area contributed by atoms with Crippen LogP contribution in [0.1, 0.15) is 87.8 Å². The molecule has 0 aliphatic carbocycles. The van der Waals surface area contributed by atoms with E-state index in [4.69, 9.17) is 14.5 Å². The molecule has 0 amide bonds. The molecule has 0 saturated carbocycles. The number of sulfonamides is 1. The summed E-state index contributed by atoms with van der Waals surface area (Å²) in [6.45, 7) is 8.21. The number of nitrogens with one attached hydrogen (secondary N) is 1. The Morgan fingerprint density at radius 2 is 1.83 bits per heavy atom. The Bertz CT molecular complexity index is 1210. The molecule has 2 N–H and O–H groups in total. The zero-order valence-corrected chi connectivity index (χ0v) is 26.3. The minimum Gasteiger partial charge on any atom is -0.394 e. The minimum absolute atomic E-state index is 0.102. The van der Waals surface area contributed by atoms with Gasteiger partial charge in [0.2, 0.25) is 10.0 Å². The first-order chi connectivity index (χ1) is 20.3. The van der Waals surface area contributed by atoms with Crippen molar-refractivity contribution in [2.24, 2.45) is 0 Å². The molecule has 4 rings (SSSR count). The molecule has 1 atom stereocenters. The summed E-state index contributed by atoms with van der Waals surface area (Å²) >= 11 is 0. The molecule has 0 aromatic heterocycles. The van der Waals surface area contributed by atoms with Gasteiger partial charge in [-0.05, 0) is 107 Å². The summed E-state index contributed by atoms with van der Waals surface area (Å²) < 4.78 is 33.7. The van der Waals surface area contributed by atoms with Crippen LogP contribution in [0.3, 0.4) is 0 Å². The SMILES string of the molecule is CC(C)(CO)NCCC(CCCOCCCCc1cccc(S(=O)(=O)N2CCCCC2)c1)c1ccc2c(c1)CCOO2. The lowest BCUT2D eigenvalue weighted by atomic mass is 9.89.